The summed E-state index contributed by atoms with van der Waals surface area (Å²) in [6, 6.07) is 5.72. The van der Waals surface area contributed by atoms with Gasteiger partial charge in [0.2, 0.25) is 0 Å². The number of halogens is 2. The fourth-order valence-corrected chi connectivity index (χ4v) is 2.40. The van der Waals surface area contributed by atoms with Crippen LogP contribution < -0.4 is 5.56 Å². The van der Waals surface area contributed by atoms with Crippen LogP contribution in [-0.4, -0.2) is 15.3 Å². The number of nitro groups is 1. The molecule has 0 bridgehead atoms. The van der Waals surface area contributed by atoms with E-state index >= 15 is 0 Å². The van der Waals surface area contributed by atoms with Crippen molar-refractivity contribution in [2.45, 2.75) is 12.8 Å². The first-order valence-corrected chi connectivity index (χ1v) is 7.37. The Labute approximate surface area is 141 Å². The van der Waals surface area contributed by atoms with E-state index in [9.17, 15) is 19.7 Å². The third kappa shape index (κ3) is 3.97. The summed E-state index contributed by atoms with van der Waals surface area (Å²) in [6.07, 6.45) is 1.29. The fraction of sp³-hybridized carbons (Fsp3) is 0.200. The van der Waals surface area contributed by atoms with Gasteiger partial charge >= 0.3 is 0 Å². The number of hydrogen-bond acceptors (Lipinski definition) is 4. The number of Topliss-reactive ketones (excluding diaryl/α,β-unsaturated/α-hetero) is 1. The van der Waals surface area contributed by atoms with E-state index in [1.54, 1.807) is 6.07 Å². The first kappa shape index (κ1) is 17.2. The summed E-state index contributed by atoms with van der Waals surface area (Å²) in [5, 5.41) is 11.5. The van der Waals surface area contributed by atoms with Crippen molar-refractivity contribution >= 4 is 34.7 Å². The Morgan fingerprint density at radius 2 is 1.96 bits per heavy atom. The van der Waals surface area contributed by atoms with E-state index in [2.05, 4.69) is 0 Å². The second-order valence-corrected chi connectivity index (χ2v) is 5.76. The zero-order chi connectivity index (χ0) is 17.1. The van der Waals surface area contributed by atoms with Crippen LogP contribution in [0.25, 0.3) is 0 Å². The standard InChI is InChI=1S/C15H12Cl2N2O4/c1-18-8-11(19(22)23)6-10(15(18)21)3-5-14(20)9-2-4-12(16)13(17)7-9/h2,4,6-8H,3,5H2,1H3. The van der Waals surface area contributed by atoms with E-state index in [1.807, 2.05) is 0 Å². The third-order valence-corrected chi connectivity index (χ3v) is 4.06. The highest BCUT2D eigenvalue weighted by Crippen LogP contribution is 2.23. The Morgan fingerprint density at radius 1 is 1.26 bits per heavy atom. The van der Waals surface area contributed by atoms with Crippen molar-refractivity contribution in [3.63, 3.8) is 0 Å². The van der Waals surface area contributed by atoms with E-state index in [1.165, 1.54) is 25.2 Å². The van der Waals surface area contributed by atoms with Crippen molar-refractivity contribution in [2.75, 3.05) is 0 Å². The van der Waals surface area contributed by atoms with Crippen molar-refractivity contribution in [1.29, 1.82) is 0 Å². The van der Waals surface area contributed by atoms with Crippen LogP contribution in [0.3, 0.4) is 0 Å². The van der Waals surface area contributed by atoms with Crippen LogP contribution in [0.2, 0.25) is 10.0 Å². The molecule has 0 aliphatic carbocycles. The van der Waals surface area contributed by atoms with Crippen LogP contribution in [0.4, 0.5) is 5.69 Å². The first-order valence-electron chi connectivity index (χ1n) is 6.62. The van der Waals surface area contributed by atoms with Gasteiger partial charge < -0.3 is 4.57 Å². The number of carbonyl (C=O) groups excluding carboxylic acids is 1. The topological polar surface area (TPSA) is 82.2 Å². The Morgan fingerprint density at radius 3 is 2.57 bits per heavy atom. The number of ketones is 1. The van der Waals surface area contributed by atoms with Crippen molar-refractivity contribution in [2.24, 2.45) is 7.05 Å². The number of aromatic nitrogens is 1. The molecule has 2 rings (SSSR count). The van der Waals surface area contributed by atoms with E-state index in [-0.39, 0.29) is 40.5 Å². The van der Waals surface area contributed by atoms with Gasteiger partial charge in [0.25, 0.3) is 11.2 Å². The lowest BCUT2D eigenvalue weighted by Gasteiger charge is -2.05. The Hall–Kier alpha value is -2.18. The van der Waals surface area contributed by atoms with Crippen molar-refractivity contribution in [3.8, 4) is 0 Å². The maximum absolute atomic E-state index is 12.2. The molecule has 0 atom stereocenters. The molecular weight excluding hydrogens is 343 g/mol. The average Bonchev–Trinajstić information content (AvgIpc) is 2.50. The average molecular weight is 355 g/mol. The number of rotatable bonds is 5. The van der Waals surface area contributed by atoms with Gasteiger partial charge in [0.1, 0.15) is 0 Å². The smallest absolute Gasteiger partial charge is 0.286 e. The molecule has 1 heterocycles. The van der Waals surface area contributed by atoms with Crippen LogP contribution in [0.1, 0.15) is 22.3 Å². The normalized spacial score (nSPS) is 10.6. The largest absolute Gasteiger partial charge is 0.312 e. The van der Waals surface area contributed by atoms with Gasteiger partial charge in [-0.2, -0.15) is 0 Å². The summed E-state index contributed by atoms with van der Waals surface area (Å²) in [6.45, 7) is 0. The molecule has 8 heteroatoms. The zero-order valence-corrected chi connectivity index (χ0v) is 13.6. The van der Waals surface area contributed by atoms with Gasteiger partial charge in [-0.15, -0.1) is 0 Å². The molecule has 6 nitrogen and oxygen atoms in total. The second-order valence-electron chi connectivity index (χ2n) is 4.95. The highest BCUT2D eigenvalue weighted by atomic mass is 35.5. The molecule has 0 saturated carbocycles. The molecular formula is C15H12Cl2N2O4. The predicted molar refractivity (Wildman–Crippen MR) is 87.5 cm³/mol. The maximum Gasteiger partial charge on any atom is 0.286 e. The molecule has 1 aromatic heterocycles. The summed E-state index contributed by atoms with van der Waals surface area (Å²) >= 11 is 11.7. The highest BCUT2D eigenvalue weighted by molar-refractivity contribution is 6.42. The fourth-order valence-electron chi connectivity index (χ4n) is 2.10. The van der Waals surface area contributed by atoms with Crippen molar-refractivity contribution in [1.82, 2.24) is 4.57 Å². The number of carbonyl (C=O) groups is 1. The van der Waals surface area contributed by atoms with Gasteiger partial charge in [0, 0.05) is 30.7 Å². The van der Waals surface area contributed by atoms with Crippen molar-refractivity contribution < 1.29 is 9.72 Å². The third-order valence-electron chi connectivity index (χ3n) is 3.32. The minimum absolute atomic E-state index is 0.0361. The van der Waals surface area contributed by atoms with Gasteiger partial charge in [0.15, 0.2) is 5.78 Å². The van der Waals surface area contributed by atoms with Gasteiger partial charge in [-0.05, 0) is 24.6 Å². The zero-order valence-electron chi connectivity index (χ0n) is 12.1. The van der Waals surface area contributed by atoms with Crippen LogP contribution in [0.15, 0.2) is 35.3 Å². The summed E-state index contributed by atoms with van der Waals surface area (Å²) in [7, 11) is 1.43. The highest BCUT2D eigenvalue weighted by Gasteiger charge is 2.14. The van der Waals surface area contributed by atoms with Crippen LogP contribution in [0.5, 0.6) is 0 Å². The molecule has 0 spiro atoms. The lowest BCUT2D eigenvalue weighted by atomic mass is 10.0. The summed E-state index contributed by atoms with van der Waals surface area (Å²) < 4.78 is 1.14. The second kappa shape index (κ2) is 6.93. The molecule has 0 amide bonds. The van der Waals surface area contributed by atoms with Gasteiger partial charge in [-0.1, -0.05) is 23.2 Å². The van der Waals surface area contributed by atoms with E-state index in [0.29, 0.717) is 10.6 Å². The monoisotopic (exact) mass is 354 g/mol. The van der Waals surface area contributed by atoms with Gasteiger partial charge in [-0.3, -0.25) is 19.7 Å². The van der Waals surface area contributed by atoms with Crippen LogP contribution in [-0.2, 0) is 13.5 Å². The summed E-state index contributed by atoms with van der Waals surface area (Å²) in [5.74, 6) is -0.225. The maximum atomic E-state index is 12.2. The first-order chi connectivity index (χ1) is 10.8. The number of nitrogens with zero attached hydrogens (tertiary/aromatic N) is 2. The van der Waals surface area contributed by atoms with Crippen LogP contribution in [0, 0.1) is 10.1 Å². The number of hydrogen-bond donors (Lipinski definition) is 0. The predicted octanol–water partition coefficient (Wildman–Crippen LogP) is 3.42. The molecule has 120 valence electrons. The minimum atomic E-state index is -0.580. The number of aryl methyl sites for hydroxylation is 2. The molecule has 1 aromatic carbocycles. The van der Waals surface area contributed by atoms with E-state index < -0.39 is 4.92 Å². The Balaban J connectivity index is 2.20. The molecule has 0 aliphatic rings. The van der Waals surface area contributed by atoms with Gasteiger partial charge in [-0.25, -0.2) is 0 Å². The molecule has 0 aliphatic heterocycles. The van der Waals surface area contributed by atoms with Crippen LogP contribution >= 0.6 is 23.2 Å². The van der Waals surface area contributed by atoms with E-state index in [0.717, 1.165) is 10.8 Å². The van der Waals surface area contributed by atoms with Gasteiger partial charge in [0.05, 0.1) is 21.2 Å². The summed E-state index contributed by atoms with van der Waals surface area (Å²) in [4.78, 5) is 34.4. The molecule has 0 N–H and O–H groups in total. The number of benzene rings is 1. The SMILES string of the molecule is Cn1cc([N+](=O)[O-])cc(CCC(=O)c2ccc(Cl)c(Cl)c2)c1=O. The quantitative estimate of drug-likeness (QED) is 0.468. The van der Waals surface area contributed by atoms with E-state index in [4.69, 9.17) is 23.2 Å². The Kier molecular flexibility index (Phi) is 5.18. The number of pyridine rings is 1. The molecule has 0 unspecified atom stereocenters. The molecule has 2 aromatic rings. The lowest BCUT2D eigenvalue weighted by molar-refractivity contribution is -0.385. The molecule has 23 heavy (non-hydrogen) atoms. The molecule has 0 saturated heterocycles. The Bertz CT molecular complexity index is 846. The molecule has 0 fully saturated rings. The molecule has 0 radical (unpaired) electrons. The minimum Gasteiger partial charge on any atom is -0.312 e. The summed E-state index contributed by atoms with van der Waals surface area (Å²) in [5.41, 5.74) is 0.0402. The lowest BCUT2D eigenvalue weighted by Crippen LogP contribution is -2.21. The van der Waals surface area contributed by atoms with Crippen molar-refractivity contribution in [3.05, 3.63) is 72.1 Å².